The van der Waals surface area contributed by atoms with Crippen LogP contribution in [0.15, 0.2) is 18.2 Å². The van der Waals surface area contributed by atoms with Gasteiger partial charge in [-0.1, -0.05) is 25.2 Å². The molecule has 0 radical (unpaired) electrons. The van der Waals surface area contributed by atoms with Crippen molar-refractivity contribution in [1.82, 2.24) is 0 Å². The van der Waals surface area contributed by atoms with Crippen molar-refractivity contribution in [2.24, 2.45) is 0 Å². The Morgan fingerprint density at radius 1 is 1.33 bits per heavy atom. The second kappa shape index (κ2) is 3.20. The SMILES string of the molecule is CC1C(=S)Nc2cccc(C(F)(F)F)c21. The minimum absolute atomic E-state index is 0.259. The molecule has 1 unspecified atom stereocenters. The number of hydrogen-bond donors (Lipinski definition) is 1. The lowest BCUT2D eigenvalue weighted by molar-refractivity contribution is -0.138. The predicted molar refractivity (Wildman–Crippen MR) is 56.1 cm³/mol. The van der Waals surface area contributed by atoms with Crippen molar-refractivity contribution < 1.29 is 13.2 Å². The van der Waals surface area contributed by atoms with E-state index in [0.717, 1.165) is 6.07 Å². The molecule has 1 N–H and O–H groups in total. The first-order valence-electron chi connectivity index (χ1n) is 4.42. The minimum Gasteiger partial charge on any atom is -0.349 e. The molecule has 1 nitrogen and oxygen atoms in total. The number of halogens is 3. The van der Waals surface area contributed by atoms with Crippen LogP contribution in [-0.2, 0) is 6.18 Å². The van der Waals surface area contributed by atoms with Gasteiger partial charge in [0.1, 0.15) is 0 Å². The molecule has 0 aromatic heterocycles. The van der Waals surface area contributed by atoms with Gasteiger partial charge in [0.2, 0.25) is 0 Å². The number of hydrogen-bond acceptors (Lipinski definition) is 1. The number of fused-ring (bicyclic) bond motifs is 1. The fourth-order valence-corrected chi connectivity index (χ4v) is 1.99. The highest BCUT2D eigenvalue weighted by Gasteiger charge is 2.38. The molecular formula is C10H8F3NS. The van der Waals surface area contributed by atoms with Crippen LogP contribution in [0, 0.1) is 0 Å². The summed E-state index contributed by atoms with van der Waals surface area (Å²) in [5.41, 5.74) is 0.136. The van der Waals surface area contributed by atoms with Gasteiger partial charge in [0.25, 0.3) is 0 Å². The number of thiocarbonyl (C=S) groups is 1. The van der Waals surface area contributed by atoms with Crippen molar-refractivity contribution in [2.75, 3.05) is 5.32 Å². The zero-order chi connectivity index (χ0) is 11.2. The van der Waals surface area contributed by atoms with Gasteiger partial charge in [-0.3, -0.25) is 0 Å². The number of anilines is 1. The molecule has 5 heteroatoms. The van der Waals surface area contributed by atoms with E-state index < -0.39 is 11.7 Å². The summed E-state index contributed by atoms with van der Waals surface area (Å²) in [4.78, 5) is 0.446. The van der Waals surface area contributed by atoms with Crippen molar-refractivity contribution in [2.45, 2.75) is 19.0 Å². The molecule has 0 saturated carbocycles. The maximum absolute atomic E-state index is 12.7. The highest BCUT2D eigenvalue weighted by atomic mass is 32.1. The van der Waals surface area contributed by atoms with Crippen molar-refractivity contribution in [3.05, 3.63) is 29.3 Å². The molecule has 1 aromatic carbocycles. The molecule has 0 aliphatic carbocycles. The maximum Gasteiger partial charge on any atom is 0.416 e. The lowest BCUT2D eigenvalue weighted by Crippen LogP contribution is -2.11. The van der Waals surface area contributed by atoms with Gasteiger partial charge in [-0.05, 0) is 17.7 Å². The fraction of sp³-hybridized carbons (Fsp3) is 0.300. The average molecular weight is 231 g/mol. The summed E-state index contributed by atoms with van der Waals surface area (Å²) in [6.45, 7) is 1.68. The van der Waals surface area contributed by atoms with E-state index in [-0.39, 0.29) is 11.5 Å². The summed E-state index contributed by atoms with van der Waals surface area (Å²) in [5.74, 6) is -0.368. The molecule has 1 aromatic rings. The molecule has 0 bridgehead atoms. The number of nitrogens with one attached hydrogen (secondary N) is 1. The highest BCUT2D eigenvalue weighted by molar-refractivity contribution is 7.80. The normalized spacial score (nSPS) is 20.0. The third kappa shape index (κ3) is 1.61. The van der Waals surface area contributed by atoms with Gasteiger partial charge >= 0.3 is 6.18 Å². The van der Waals surface area contributed by atoms with Crippen LogP contribution >= 0.6 is 12.2 Å². The van der Waals surface area contributed by atoms with E-state index in [9.17, 15) is 13.2 Å². The van der Waals surface area contributed by atoms with Crippen molar-refractivity contribution in [3.8, 4) is 0 Å². The Hall–Kier alpha value is -1.10. The Kier molecular flexibility index (Phi) is 2.22. The Bertz CT molecular complexity index is 425. The third-order valence-corrected chi connectivity index (χ3v) is 2.95. The van der Waals surface area contributed by atoms with Crippen LogP contribution in [0.4, 0.5) is 18.9 Å². The molecule has 0 saturated heterocycles. The molecule has 1 heterocycles. The quantitative estimate of drug-likeness (QED) is 0.685. The van der Waals surface area contributed by atoms with Crippen LogP contribution < -0.4 is 5.32 Å². The number of alkyl halides is 3. The smallest absolute Gasteiger partial charge is 0.349 e. The second-order valence-corrected chi connectivity index (χ2v) is 3.92. The Labute approximate surface area is 90.3 Å². The summed E-state index contributed by atoms with van der Waals surface area (Å²) in [5, 5.41) is 2.79. The number of benzene rings is 1. The standard InChI is InChI=1S/C10H8F3NS/c1-5-8-6(10(11,12)13)3-2-4-7(8)14-9(5)15/h2-5H,1H3,(H,14,15). The Morgan fingerprint density at radius 2 is 2.00 bits per heavy atom. The first-order valence-corrected chi connectivity index (χ1v) is 4.83. The third-order valence-electron chi connectivity index (χ3n) is 2.50. The summed E-state index contributed by atoms with van der Waals surface area (Å²) in [6, 6.07) is 4.08. The van der Waals surface area contributed by atoms with Crippen LogP contribution in [0.2, 0.25) is 0 Å². The first-order chi connectivity index (χ1) is 6.91. The van der Waals surface area contributed by atoms with Gasteiger partial charge in [-0.2, -0.15) is 13.2 Å². The van der Waals surface area contributed by atoms with Gasteiger partial charge in [-0.15, -0.1) is 0 Å². The molecular weight excluding hydrogens is 223 g/mol. The zero-order valence-electron chi connectivity index (χ0n) is 7.85. The van der Waals surface area contributed by atoms with Gasteiger partial charge in [0.05, 0.1) is 10.6 Å². The lowest BCUT2D eigenvalue weighted by Gasteiger charge is -2.13. The first kappa shape index (κ1) is 10.4. The largest absolute Gasteiger partial charge is 0.416 e. The molecule has 80 valence electrons. The summed E-state index contributed by atoms with van der Waals surface area (Å²) >= 11 is 4.95. The fourth-order valence-electron chi connectivity index (χ4n) is 1.76. The second-order valence-electron chi connectivity index (χ2n) is 3.48. The minimum atomic E-state index is -4.32. The van der Waals surface area contributed by atoms with E-state index in [1.807, 2.05) is 0 Å². The van der Waals surface area contributed by atoms with E-state index in [1.165, 1.54) is 6.07 Å². The molecule has 0 spiro atoms. The molecule has 1 aliphatic rings. The molecule has 2 rings (SSSR count). The van der Waals surface area contributed by atoms with E-state index in [1.54, 1.807) is 13.0 Å². The van der Waals surface area contributed by atoms with E-state index >= 15 is 0 Å². The monoisotopic (exact) mass is 231 g/mol. The van der Waals surface area contributed by atoms with Gasteiger partial charge in [-0.25, -0.2) is 0 Å². The average Bonchev–Trinajstić information content (AvgIpc) is 2.41. The van der Waals surface area contributed by atoms with Crippen molar-refractivity contribution >= 4 is 22.9 Å². The summed E-state index contributed by atoms with van der Waals surface area (Å²) in [6.07, 6.45) is -4.32. The topological polar surface area (TPSA) is 12.0 Å². The highest BCUT2D eigenvalue weighted by Crippen LogP contribution is 2.42. The number of rotatable bonds is 0. The summed E-state index contributed by atoms with van der Waals surface area (Å²) < 4.78 is 38.0. The zero-order valence-corrected chi connectivity index (χ0v) is 8.67. The Morgan fingerprint density at radius 3 is 2.60 bits per heavy atom. The predicted octanol–water partition coefficient (Wildman–Crippen LogP) is 3.56. The van der Waals surface area contributed by atoms with Gasteiger partial charge < -0.3 is 5.32 Å². The lowest BCUT2D eigenvalue weighted by atomic mass is 9.97. The van der Waals surface area contributed by atoms with Crippen LogP contribution in [0.3, 0.4) is 0 Å². The van der Waals surface area contributed by atoms with Crippen LogP contribution in [0.25, 0.3) is 0 Å². The maximum atomic E-state index is 12.7. The molecule has 1 aliphatic heterocycles. The van der Waals surface area contributed by atoms with Gasteiger partial charge in [0.15, 0.2) is 0 Å². The van der Waals surface area contributed by atoms with Crippen LogP contribution in [-0.4, -0.2) is 4.99 Å². The molecule has 15 heavy (non-hydrogen) atoms. The van der Waals surface area contributed by atoms with E-state index in [4.69, 9.17) is 12.2 Å². The van der Waals surface area contributed by atoms with E-state index in [0.29, 0.717) is 10.7 Å². The van der Waals surface area contributed by atoms with Gasteiger partial charge in [0, 0.05) is 11.6 Å². The van der Waals surface area contributed by atoms with Crippen LogP contribution in [0.1, 0.15) is 24.0 Å². The molecule has 1 atom stereocenters. The van der Waals surface area contributed by atoms with Crippen LogP contribution in [0.5, 0.6) is 0 Å². The molecule has 0 fully saturated rings. The van der Waals surface area contributed by atoms with Crippen molar-refractivity contribution in [3.63, 3.8) is 0 Å². The van der Waals surface area contributed by atoms with Crippen molar-refractivity contribution in [1.29, 1.82) is 0 Å². The Balaban J connectivity index is 2.62. The van der Waals surface area contributed by atoms with E-state index in [2.05, 4.69) is 5.32 Å². The summed E-state index contributed by atoms with van der Waals surface area (Å²) in [7, 11) is 0. The molecule has 0 amide bonds.